The van der Waals surface area contributed by atoms with Crippen molar-refractivity contribution in [1.82, 2.24) is 19.6 Å². The number of hydrogen-bond donors (Lipinski definition) is 4. The summed E-state index contributed by atoms with van der Waals surface area (Å²) in [7, 11) is -13.5. The van der Waals surface area contributed by atoms with E-state index in [1.54, 1.807) is 0 Å². The predicted molar refractivity (Wildman–Crippen MR) is 338 cm³/mol. The van der Waals surface area contributed by atoms with E-state index in [9.17, 15) is 39.6 Å². The first-order valence-corrected chi connectivity index (χ1v) is 40.4. The smallest absolute Gasteiger partial charge is 0.481 e. The van der Waals surface area contributed by atoms with Crippen molar-refractivity contribution in [2.24, 2.45) is 0 Å². The first-order valence-electron chi connectivity index (χ1n) is 32.7. The van der Waals surface area contributed by atoms with Crippen LogP contribution in [-0.4, -0.2) is 255 Å². The Kier molecular flexibility index (Phi) is 44.1. The number of rotatable bonds is 52. The maximum atomic E-state index is 13.3. The van der Waals surface area contributed by atoms with Crippen LogP contribution in [0.2, 0.25) is 24.2 Å². The number of carboxylic acids is 4. The maximum absolute atomic E-state index is 13.3. The molecule has 1 saturated heterocycles. The lowest BCUT2D eigenvalue weighted by Crippen LogP contribution is -2.72. The largest absolute Gasteiger partial charge is 0.500 e. The Balaban J connectivity index is 5.24. The monoisotopic (exact) mass is 1300 g/mol. The van der Waals surface area contributed by atoms with Gasteiger partial charge in [0.25, 0.3) is 0 Å². The standard InChI is InChI=1S/C58H120N4O20Si4/c1-13-71-83(72-14-2,73-15-3)49-25-35-57(36-26-50-84(74-16-4,75-17-5)76-18-6)58(37-27-51-85(77-19-7,78-20-8)79-21-9,38-28-52-86(80-22-10,81-23-11)82-24-12)62(46-34-56(69)70)42-30-40-60(44-32-54(65)66)48-47-59(43-31-53(63)64)39-29-41-61(57)45-33-55(67)68/h13-52H2,1-12H3,(H,63,64)(H,65,66)(H,67,68)(H,69,70). The third-order valence-corrected chi connectivity index (χ3v) is 28.4. The van der Waals surface area contributed by atoms with Crippen LogP contribution in [0.15, 0.2) is 0 Å². The molecule has 0 saturated carbocycles. The number of hydrogen-bond acceptors (Lipinski definition) is 20. The molecule has 0 aliphatic carbocycles. The van der Waals surface area contributed by atoms with Gasteiger partial charge in [-0.05, 0) is 173 Å². The second-order valence-electron chi connectivity index (χ2n) is 21.3. The first kappa shape index (κ1) is 82.1. The molecule has 86 heavy (non-hydrogen) atoms. The molecular formula is C58H120N4O20Si4. The number of nitrogens with zero attached hydrogens (tertiary/aromatic N) is 4. The van der Waals surface area contributed by atoms with Gasteiger partial charge in [-0.25, -0.2) is 0 Å². The van der Waals surface area contributed by atoms with E-state index in [4.69, 9.17) is 53.1 Å². The fraction of sp³-hybridized carbons (Fsp3) is 0.931. The van der Waals surface area contributed by atoms with Crippen LogP contribution in [0.4, 0.5) is 0 Å². The topological polar surface area (TPSA) is 273 Å². The van der Waals surface area contributed by atoms with Gasteiger partial charge in [-0.1, -0.05) is 0 Å². The van der Waals surface area contributed by atoms with Crippen LogP contribution >= 0.6 is 0 Å². The Morgan fingerprint density at radius 3 is 0.698 bits per heavy atom. The summed E-state index contributed by atoms with van der Waals surface area (Å²) < 4.78 is 79.0. The highest BCUT2D eigenvalue weighted by molar-refractivity contribution is 6.61. The van der Waals surface area contributed by atoms with E-state index in [0.29, 0.717) is 207 Å². The van der Waals surface area contributed by atoms with E-state index in [2.05, 4.69) is 19.6 Å². The molecule has 508 valence electrons. The van der Waals surface area contributed by atoms with Gasteiger partial charge in [0.2, 0.25) is 0 Å². The predicted octanol–water partition coefficient (Wildman–Crippen LogP) is 8.68. The summed E-state index contributed by atoms with van der Waals surface area (Å²) in [6, 6.07) is 1.68. The molecule has 0 aromatic rings. The molecule has 1 aliphatic rings. The van der Waals surface area contributed by atoms with Crippen LogP contribution in [-0.2, 0) is 72.3 Å². The van der Waals surface area contributed by atoms with Crippen LogP contribution in [0.3, 0.4) is 0 Å². The Bertz CT molecular complexity index is 1550. The van der Waals surface area contributed by atoms with E-state index in [-0.39, 0.29) is 51.9 Å². The molecule has 0 amide bonds. The van der Waals surface area contributed by atoms with Crippen LogP contribution in [0.5, 0.6) is 0 Å². The Hall–Kier alpha value is -1.89. The molecule has 4 N–H and O–H groups in total. The summed E-state index contributed by atoms with van der Waals surface area (Å²) in [6.07, 6.45) is 4.07. The summed E-state index contributed by atoms with van der Waals surface area (Å²) in [5.41, 5.74) is -2.09. The lowest BCUT2D eigenvalue weighted by atomic mass is 9.64. The van der Waals surface area contributed by atoms with Gasteiger partial charge in [-0.3, -0.25) is 29.0 Å². The van der Waals surface area contributed by atoms with Crippen molar-refractivity contribution >= 4 is 59.1 Å². The van der Waals surface area contributed by atoms with Crippen LogP contribution in [0.25, 0.3) is 0 Å². The molecule has 1 rings (SSSR count). The molecule has 0 unspecified atom stereocenters. The fourth-order valence-electron chi connectivity index (χ4n) is 12.8. The van der Waals surface area contributed by atoms with E-state index in [1.807, 2.05) is 83.1 Å². The van der Waals surface area contributed by atoms with Crippen molar-refractivity contribution in [3.63, 3.8) is 0 Å². The lowest BCUT2D eigenvalue weighted by molar-refractivity contribution is -0.143. The molecule has 0 aromatic heterocycles. The van der Waals surface area contributed by atoms with Gasteiger partial charge in [0.05, 0.1) is 25.7 Å². The van der Waals surface area contributed by atoms with E-state index >= 15 is 0 Å². The summed E-state index contributed by atoms with van der Waals surface area (Å²) in [4.78, 5) is 60.2. The summed E-state index contributed by atoms with van der Waals surface area (Å²) >= 11 is 0. The zero-order valence-electron chi connectivity index (χ0n) is 55.4. The van der Waals surface area contributed by atoms with Gasteiger partial charge in [0, 0.05) is 154 Å². The van der Waals surface area contributed by atoms with Crippen LogP contribution in [0, 0.1) is 0 Å². The molecule has 0 radical (unpaired) electrons. The molecule has 1 fully saturated rings. The molecule has 28 heteroatoms. The van der Waals surface area contributed by atoms with Gasteiger partial charge in [-0.15, -0.1) is 0 Å². The first-order chi connectivity index (χ1) is 41.2. The minimum atomic E-state index is -3.38. The Morgan fingerprint density at radius 2 is 0.512 bits per heavy atom. The lowest BCUT2D eigenvalue weighted by Gasteiger charge is -2.62. The van der Waals surface area contributed by atoms with E-state index in [0.717, 1.165) is 0 Å². The second-order valence-corrected chi connectivity index (χ2v) is 32.3. The van der Waals surface area contributed by atoms with Gasteiger partial charge in [-0.2, -0.15) is 0 Å². The van der Waals surface area contributed by atoms with Crippen molar-refractivity contribution in [3.8, 4) is 0 Å². The summed E-state index contributed by atoms with van der Waals surface area (Å²) in [5.74, 6) is -3.84. The molecule has 1 heterocycles. The Morgan fingerprint density at radius 1 is 0.314 bits per heavy atom. The molecule has 0 atom stereocenters. The van der Waals surface area contributed by atoms with Crippen molar-refractivity contribution in [2.75, 3.05) is 145 Å². The zero-order valence-corrected chi connectivity index (χ0v) is 59.4. The molecular weight excluding hydrogens is 1180 g/mol. The summed E-state index contributed by atoms with van der Waals surface area (Å²) in [6.45, 7) is 30.7. The second kappa shape index (κ2) is 46.2. The average Bonchev–Trinajstić information content (AvgIpc) is 0.751. The van der Waals surface area contributed by atoms with Crippen molar-refractivity contribution in [2.45, 2.75) is 208 Å². The molecule has 0 aromatic carbocycles. The van der Waals surface area contributed by atoms with Gasteiger partial charge in [0.15, 0.2) is 0 Å². The van der Waals surface area contributed by atoms with Gasteiger partial charge >= 0.3 is 59.1 Å². The van der Waals surface area contributed by atoms with E-state index in [1.165, 1.54) is 0 Å². The SMILES string of the molecule is CCO[Si](CCCC1(CCC[Si](OCC)(OCC)OCC)N(CCC(=O)O)CCCN(CCC(=O)O)CCN(CCC(=O)O)CCCN(CCC(=O)O)C1(CCC[Si](OCC)(OCC)OCC)CCC[Si](OCC)(OCC)OCC)(OCC)OCC. The number of aliphatic carboxylic acids is 4. The number of carboxylic acid groups (broad SMARTS) is 4. The maximum Gasteiger partial charge on any atom is 0.500 e. The van der Waals surface area contributed by atoms with Gasteiger partial charge in [0.1, 0.15) is 0 Å². The minimum absolute atomic E-state index is 0.105. The molecule has 1 aliphatic heterocycles. The van der Waals surface area contributed by atoms with Crippen molar-refractivity contribution in [3.05, 3.63) is 0 Å². The number of carbonyl (C=O) groups is 4. The fourth-order valence-corrected chi connectivity index (χ4v) is 23.2. The van der Waals surface area contributed by atoms with Crippen molar-refractivity contribution in [1.29, 1.82) is 0 Å². The summed E-state index contributed by atoms with van der Waals surface area (Å²) in [5, 5.41) is 41.8. The van der Waals surface area contributed by atoms with Gasteiger partial charge < -0.3 is 83.3 Å². The highest BCUT2D eigenvalue weighted by Gasteiger charge is 2.58. The third-order valence-electron chi connectivity index (χ3n) is 15.8. The van der Waals surface area contributed by atoms with Crippen LogP contribution < -0.4 is 0 Å². The molecule has 0 bridgehead atoms. The third kappa shape index (κ3) is 29.2. The molecule has 0 spiro atoms. The normalized spacial score (nSPS) is 16.8. The highest BCUT2D eigenvalue weighted by atomic mass is 28.4. The quantitative estimate of drug-likeness (QED) is 0.0415. The average molecular weight is 1310 g/mol. The molecule has 24 nitrogen and oxygen atoms in total. The van der Waals surface area contributed by atoms with Crippen LogP contribution in [0.1, 0.15) is 173 Å². The zero-order chi connectivity index (χ0) is 64.4. The van der Waals surface area contributed by atoms with Crippen molar-refractivity contribution < 1.29 is 92.7 Å². The van der Waals surface area contributed by atoms with E-state index < -0.39 is 70.2 Å². The Labute approximate surface area is 522 Å². The minimum Gasteiger partial charge on any atom is -0.481 e. The highest BCUT2D eigenvalue weighted by Crippen LogP contribution is 2.50.